The topological polar surface area (TPSA) is 45.5 Å². The van der Waals surface area contributed by atoms with Crippen molar-refractivity contribution in [2.45, 2.75) is 19.2 Å². The molecule has 5 heteroatoms. The van der Waals surface area contributed by atoms with E-state index in [1.165, 1.54) is 0 Å². The average molecular weight is 369 g/mol. The van der Waals surface area contributed by atoms with Crippen molar-refractivity contribution in [3.8, 4) is 0 Å². The molecule has 0 aliphatic carbocycles. The summed E-state index contributed by atoms with van der Waals surface area (Å²) in [5, 5.41) is 4.16. The van der Waals surface area contributed by atoms with Crippen molar-refractivity contribution in [3.63, 3.8) is 0 Å². The molecule has 0 spiro atoms. The van der Waals surface area contributed by atoms with Crippen molar-refractivity contribution < 1.29 is 4.42 Å². The Hall–Kier alpha value is -2.40. The molecular formula is C21H24N2O2S. The van der Waals surface area contributed by atoms with Gasteiger partial charge in [-0.15, -0.1) is 11.8 Å². The summed E-state index contributed by atoms with van der Waals surface area (Å²) in [6, 6.07) is 17.9. The molecule has 26 heavy (non-hydrogen) atoms. The van der Waals surface area contributed by atoms with E-state index < -0.39 is 0 Å². The minimum Gasteiger partial charge on any atom is -0.422 e. The molecular weight excluding hydrogens is 344 g/mol. The maximum atomic E-state index is 12.6. The summed E-state index contributed by atoms with van der Waals surface area (Å²) in [6.45, 7) is 6.07. The zero-order chi connectivity index (χ0) is 18.5. The van der Waals surface area contributed by atoms with Gasteiger partial charge in [-0.05, 0) is 50.4 Å². The van der Waals surface area contributed by atoms with Crippen LogP contribution in [0.5, 0.6) is 0 Å². The standard InChI is InChI=1S/C21H24N2O2S/c1-4-23(5-2)17-12-11-15-13-18(21(24)25-19(15)14-17)20(26-3)22-16-9-7-6-8-10-16/h6-14,20,22H,4-5H2,1-3H3. The predicted octanol–water partition coefficient (Wildman–Crippen LogP) is 5.11. The van der Waals surface area contributed by atoms with Crippen molar-refractivity contribution in [2.75, 3.05) is 29.6 Å². The lowest BCUT2D eigenvalue weighted by atomic mass is 10.1. The maximum absolute atomic E-state index is 12.6. The van der Waals surface area contributed by atoms with Crippen molar-refractivity contribution in [1.29, 1.82) is 0 Å². The van der Waals surface area contributed by atoms with Crippen molar-refractivity contribution in [2.24, 2.45) is 0 Å². The van der Waals surface area contributed by atoms with Crippen LogP contribution in [0.25, 0.3) is 11.0 Å². The van der Waals surface area contributed by atoms with Crippen molar-refractivity contribution in [1.82, 2.24) is 0 Å². The smallest absolute Gasteiger partial charge is 0.342 e. The first kappa shape index (κ1) is 18.4. The molecule has 0 aliphatic rings. The molecule has 1 N–H and O–H groups in total. The molecule has 1 heterocycles. The van der Waals surface area contributed by atoms with Gasteiger partial charge in [-0.1, -0.05) is 18.2 Å². The van der Waals surface area contributed by atoms with Crippen LogP contribution in [-0.4, -0.2) is 19.3 Å². The number of fused-ring (bicyclic) bond motifs is 1. The summed E-state index contributed by atoms with van der Waals surface area (Å²) >= 11 is 1.58. The Bertz CT molecular complexity index is 920. The first-order chi connectivity index (χ1) is 12.7. The molecule has 0 saturated heterocycles. The van der Waals surface area contributed by atoms with E-state index in [9.17, 15) is 4.79 Å². The molecule has 1 aromatic heterocycles. The normalized spacial score (nSPS) is 12.1. The van der Waals surface area contributed by atoms with Gasteiger partial charge in [-0.3, -0.25) is 0 Å². The monoisotopic (exact) mass is 368 g/mol. The summed E-state index contributed by atoms with van der Waals surface area (Å²) in [4.78, 5) is 14.8. The van der Waals surface area contributed by atoms with Gasteiger partial charge in [0.25, 0.3) is 0 Å². The molecule has 0 bridgehead atoms. The SMILES string of the molecule is CCN(CC)c1ccc2cc(C(Nc3ccccc3)SC)c(=O)oc2c1. The van der Waals surface area contributed by atoms with Crippen LogP contribution < -0.4 is 15.8 Å². The number of benzene rings is 2. The third-order valence-corrected chi connectivity index (χ3v) is 5.31. The van der Waals surface area contributed by atoms with E-state index in [2.05, 4.69) is 30.1 Å². The second kappa shape index (κ2) is 8.32. The average Bonchev–Trinajstić information content (AvgIpc) is 2.67. The van der Waals surface area contributed by atoms with Gasteiger partial charge in [0.05, 0.1) is 5.56 Å². The Balaban J connectivity index is 1.97. The number of thioether (sulfide) groups is 1. The van der Waals surface area contributed by atoms with Crippen LogP contribution in [0.2, 0.25) is 0 Å². The lowest BCUT2D eigenvalue weighted by Crippen LogP contribution is -2.21. The van der Waals surface area contributed by atoms with Crippen LogP contribution in [0.4, 0.5) is 11.4 Å². The molecule has 3 aromatic rings. The number of nitrogens with zero attached hydrogens (tertiary/aromatic N) is 1. The highest BCUT2D eigenvalue weighted by molar-refractivity contribution is 7.98. The summed E-state index contributed by atoms with van der Waals surface area (Å²) in [5.74, 6) is 0. The predicted molar refractivity (Wildman–Crippen MR) is 112 cm³/mol. The van der Waals surface area contributed by atoms with E-state index >= 15 is 0 Å². The molecule has 0 saturated carbocycles. The van der Waals surface area contributed by atoms with Gasteiger partial charge >= 0.3 is 5.63 Å². The second-order valence-electron chi connectivity index (χ2n) is 6.01. The van der Waals surface area contributed by atoms with Gasteiger partial charge in [0.1, 0.15) is 11.0 Å². The zero-order valence-electron chi connectivity index (χ0n) is 15.4. The molecule has 0 aliphatic heterocycles. The lowest BCUT2D eigenvalue weighted by Gasteiger charge is -2.21. The van der Waals surface area contributed by atoms with E-state index in [4.69, 9.17) is 4.42 Å². The molecule has 2 aromatic carbocycles. The Labute approximate surface area is 158 Å². The summed E-state index contributed by atoms with van der Waals surface area (Å²) in [5.41, 5.74) is 3.01. The molecule has 1 unspecified atom stereocenters. The van der Waals surface area contributed by atoms with E-state index in [-0.39, 0.29) is 11.0 Å². The molecule has 3 rings (SSSR count). The van der Waals surface area contributed by atoms with E-state index in [1.807, 2.05) is 54.8 Å². The number of hydrogen-bond donors (Lipinski definition) is 1. The van der Waals surface area contributed by atoms with Gasteiger partial charge in [-0.25, -0.2) is 4.79 Å². The quantitative estimate of drug-likeness (QED) is 0.464. The van der Waals surface area contributed by atoms with Crippen LogP contribution in [0.3, 0.4) is 0 Å². The van der Waals surface area contributed by atoms with Crippen LogP contribution in [0, 0.1) is 0 Å². The zero-order valence-corrected chi connectivity index (χ0v) is 16.2. The third-order valence-electron chi connectivity index (χ3n) is 4.46. The van der Waals surface area contributed by atoms with Gasteiger partial charge in [0.15, 0.2) is 0 Å². The highest BCUT2D eigenvalue weighted by atomic mass is 32.2. The molecule has 136 valence electrons. The number of hydrogen-bond acceptors (Lipinski definition) is 5. The van der Waals surface area contributed by atoms with Crippen molar-refractivity contribution >= 4 is 34.1 Å². The van der Waals surface area contributed by atoms with Crippen molar-refractivity contribution in [3.05, 3.63) is 70.6 Å². The van der Waals surface area contributed by atoms with Gasteiger partial charge in [-0.2, -0.15) is 0 Å². The fourth-order valence-corrected chi connectivity index (χ4v) is 3.71. The third kappa shape index (κ3) is 3.88. The number of para-hydroxylation sites is 1. The molecule has 1 atom stereocenters. The highest BCUT2D eigenvalue weighted by Gasteiger charge is 2.17. The first-order valence-corrected chi connectivity index (χ1v) is 10.1. The Kier molecular flexibility index (Phi) is 5.89. The minimum absolute atomic E-state index is 0.166. The number of rotatable bonds is 7. The minimum atomic E-state index is -0.294. The molecule has 0 amide bonds. The van der Waals surface area contributed by atoms with Crippen LogP contribution in [-0.2, 0) is 0 Å². The summed E-state index contributed by atoms with van der Waals surface area (Å²) in [7, 11) is 0. The fourth-order valence-electron chi connectivity index (χ4n) is 3.03. The van der Waals surface area contributed by atoms with E-state index in [1.54, 1.807) is 11.8 Å². The molecule has 4 nitrogen and oxygen atoms in total. The lowest BCUT2D eigenvalue weighted by molar-refractivity contribution is 0.551. The summed E-state index contributed by atoms with van der Waals surface area (Å²) < 4.78 is 5.66. The van der Waals surface area contributed by atoms with E-state index in [0.717, 1.165) is 29.9 Å². The fraction of sp³-hybridized carbons (Fsp3) is 0.286. The molecule has 0 radical (unpaired) electrons. The van der Waals surface area contributed by atoms with Crippen LogP contribution in [0.15, 0.2) is 63.8 Å². The van der Waals surface area contributed by atoms with Crippen LogP contribution in [0.1, 0.15) is 24.8 Å². The number of anilines is 2. The highest BCUT2D eigenvalue weighted by Crippen LogP contribution is 2.29. The molecule has 0 fully saturated rings. The van der Waals surface area contributed by atoms with Gasteiger partial charge < -0.3 is 14.6 Å². The Morgan fingerprint density at radius 3 is 2.46 bits per heavy atom. The largest absolute Gasteiger partial charge is 0.422 e. The van der Waals surface area contributed by atoms with Crippen LogP contribution >= 0.6 is 11.8 Å². The Morgan fingerprint density at radius 2 is 1.81 bits per heavy atom. The summed E-state index contributed by atoms with van der Waals surface area (Å²) in [6.07, 6.45) is 1.98. The first-order valence-electron chi connectivity index (χ1n) is 8.83. The second-order valence-corrected chi connectivity index (χ2v) is 6.95. The number of nitrogens with one attached hydrogen (secondary N) is 1. The Morgan fingerprint density at radius 1 is 1.08 bits per heavy atom. The van der Waals surface area contributed by atoms with Gasteiger partial charge in [0, 0.05) is 35.9 Å². The van der Waals surface area contributed by atoms with Gasteiger partial charge in [0.2, 0.25) is 0 Å². The van der Waals surface area contributed by atoms with E-state index in [0.29, 0.717) is 11.1 Å². The maximum Gasteiger partial charge on any atom is 0.342 e.